The summed E-state index contributed by atoms with van der Waals surface area (Å²) in [6.07, 6.45) is 0. The molecule has 0 radical (unpaired) electrons. The van der Waals surface area contributed by atoms with E-state index < -0.39 is 5.97 Å². The molecule has 0 unspecified atom stereocenters. The third kappa shape index (κ3) is 2.70. The lowest BCUT2D eigenvalue weighted by Crippen LogP contribution is -1.96. The summed E-state index contributed by atoms with van der Waals surface area (Å²) in [6.45, 7) is 3.87. The highest BCUT2D eigenvalue weighted by Gasteiger charge is 2.11. The Kier molecular flexibility index (Phi) is 3.68. The van der Waals surface area contributed by atoms with Crippen LogP contribution in [-0.2, 0) is 0 Å². The van der Waals surface area contributed by atoms with Crippen LogP contribution >= 0.6 is 27.3 Å². The first-order chi connectivity index (χ1) is 8.47. The fraction of sp³-hybridized carbons (Fsp3) is 0.167. The van der Waals surface area contributed by atoms with Gasteiger partial charge in [0.05, 0.1) is 15.7 Å². The van der Waals surface area contributed by atoms with Gasteiger partial charge in [-0.2, -0.15) is 0 Å². The van der Waals surface area contributed by atoms with Gasteiger partial charge in [0.15, 0.2) is 0 Å². The summed E-state index contributed by atoms with van der Waals surface area (Å²) in [6, 6.07) is 4.63. The number of halogens is 1. The molecule has 0 fully saturated rings. The fourth-order valence-corrected chi connectivity index (χ4v) is 2.39. The summed E-state index contributed by atoms with van der Waals surface area (Å²) in [5, 5.41) is 9.44. The molecule has 2 rings (SSSR count). The van der Waals surface area contributed by atoms with Gasteiger partial charge in [-0.05, 0) is 48.0 Å². The zero-order chi connectivity index (χ0) is 13.3. The van der Waals surface area contributed by atoms with Gasteiger partial charge >= 0.3 is 5.97 Å². The van der Waals surface area contributed by atoms with Crippen LogP contribution in [0.25, 0.3) is 0 Å². The minimum Gasteiger partial charge on any atom is -0.478 e. The predicted molar refractivity (Wildman–Crippen MR) is 72.8 cm³/mol. The van der Waals surface area contributed by atoms with Crippen LogP contribution in [0.2, 0.25) is 0 Å². The maximum Gasteiger partial charge on any atom is 0.335 e. The Labute approximate surface area is 116 Å². The van der Waals surface area contributed by atoms with Crippen LogP contribution in [0.5, 0.6) is 10.9 Å². The van der Waals surface area contributed by atoms with Crippen LogP contribution in [0.15, 0.2) is 22.7 Å². The van der Waals surface area contributed by atoms with Crippen LogP contribution in [-0.4, -0.2) is 16.1 Å². The lowest BCUT2D eigenvalue weighted by atomic mass is 10.2. The Morgan fingerprint density at radius 1 is 1.44 bits per heavy atom. The maximum absolute atomic E-state index is 10.9. The first kappa shape index (κ1) is 13.0. The van der Waals surface area contributed by atoms with E-state index in [9.17, 15) is 4.79 Å². The Morgan fingerprint density at radius 3 is 2.72 bits per heavy atom. The van der Waals surface area contributed by atoms with E-state index in [2.05, 4.69) is 20.9 Å². The third-order valence-corrected chi connectivity index (χ3v) is 3.99. The van der Waals surface area contributed by atoms with Crippen molar-refractivity contribution in [2.45, 2.75) is 13.8 Å². The van der Waals surface area contributed by atoms with Crippen LogP contribution in [0.4, 0.5) is 0 Å². The van der Waals surface area contributed by atoms with Crippen molar-refractivity contribution in [1.82, 2.24) is 4.98 Å². The lowest BCUT2D eigenvalue weighted by molar-refractivity contribution is 0.0696. The number of aromatic nitrogens is 1. The smallest absolute Gasteiger partial charge is 0.335 e. The predicted octanol–water partition coefficient (Wildman–Crippen LogP) is 4.01. The second-order valence-corrected chi connectivity index (χ2v) is 5.69. The van der Waals surface area contributed by atoms with Crippen molar-refractivity contribution in [2.75, 3.05) is 0 Å². The number of thiazole rings is 1. The molecule has 1 N–H and O–H groups in total. The van der Waals surface area contributed by atoms with Crippen LogP contribution in [0.1, 0.15) is 20.9 Å². The van der Waals surface area contributed by atoms with Gasteiger partial charge in [-0.3, -0.25) is 0 Å². The number of carboxylic acids is 1. The Hall–Kier alpha value is -1.40. The number of aromatic carboxylic acids is 1. The number of carbonyl (C=O) groups is 1. The average molecular weight is 328 g/mol. The molecule has 1 heterocycles. The van der Waals surface area contributed by atoms with E-state index in [0.717, 1.165) is 10.6 Å². The molecular formula is C12H10BrNO3S. The molecule has 0 atom stereocenters. The van der Waals surface area contributed by atoms with Gasteiger partial charge in [-0.1, -0.05) is 11.3 Å². The minimum absolute atomic E-state index is 0.179. The van der Waals surface area contributed by atoms with E-state index in [1.807, 2.05) is 13.8 Å². The molecule has 0 amide bonds. The molecule has 0 aliphatic rings. The number of ether oxygens (including phenoxy) is 1. The van der Waals surface area contributed by atoms with Crippen molar-refractivity contribution in [3.8, 4) is 10.9 Å². The molecule has 1 aromatic heterocycles. The van der Waals surface area contributed by atoms with Gasteiger partial charge in [-0.25, -0.2) is 9.78 Å². The number of benzene rings is 1. The molecule has 0 aliphatic heterocycles. The average Bonchev–Trinajstić information content (AvgIpc) is 2.61. The topological polar surface area (TPSA) is 59.4 Å². The van der Waals surface area contributed by atoms with Gasteiger partial charge in [0.1, 0.15) is 5.75 Å². The number of carboxylic acid groups (broad SMARTS) is 1. The van der Waals surface area contributed by atoms with E-state index in [0.29, 0.717) is 15.4 Å². The minimum atomic E-state index is -0.987. The van der Waals surface area contributed by atoms with Crippen LogP contribution in [0, 0.1) is 13.8 Å². The van der Waals surface area contributed by atoms with Gasteiger partial charge in [-0.15, -0.1) is 0 Å². The van der Waals surface area contributed by atoms with Crippen molar-refractivity contribution in [3.05, 3.63) is 38.8 Å². The standard InChI is InChI=1S/C12H10BrNO3S/c1-6-7(2)18-12(14-6)17-10-5-8(11(15)16)3-4-9(10)13/h3-5H,1-2H3,(H,15,16). The van der Waals surface area contributed by atoms with E-state index in [-0.39, 0.29) is 5.56 Å². The summed E-state index contributed by atoms with van der Waals surface area (Å²) in [7, 11) is 0. The van der Waals surface area contributed by atoms with E-state index >= 15 is 0 Å². The van der Waals surface area contributed by atoms with Crippen LogP contribution in [0.3, 0.4) is 0 Å². The molecule has 0 bridgehead atoms. The highest BCUT2D eigenvalue weighted by atomic mass is 79.9. The van der Waals surface area contributed by atoms with Gasteiger partial charge in [0.25, 0.3) is 5.19 Å². The summed E-state index contributed by atoms with van der Waals surface area (Å²) in [5.74, 6) is -0.539. The molecular weight excluding hydrogens is 318 g/mol. The molecule has 18 heavy (non-hydrogen) atoms. The second kappa shape index (κ2) is 5.07. The van der Waals surface area contributed by atoms with E-state index in [4.69, 9.17) is 9.84 Å². The van der Waals surface area contributed by atoms with Gasteiger partial charge in [0, 0.05) is 4.88 Å². The first-order valence-corrected chi connectivity index (χ1v) is 6.73. The normalized spacial score (nSPS) is 10.4. The van der Waals surface area contributed by atoms with Crippen LogP contribution < -0.4 is 4.74 Å². The quantitative estimate of drug-likeness (QED) is 0.925. The monoisotopic (exact) mass is 327 g/mol. The lowest BCUT2D eigenvalue weighted by Gasteiger charge is -2.05. The maximum atomic E-state index is 10.9. The zero-order valence-electron chi connectivity index (χ0n) is 9.73. The van der Waals surface area contributed by atoms with Crippen molar-refractivity contribution in [1.29, 1.82) is 0 Å². The van der Waals surface area contributed by atoms with Crippen molar-refractivity contribution < 1.29 is 14.6 Å². The molecule has 1 aromatic carbocycles. The Balaban J connectivity index is 2.33. The van der Waals surface area contributed by atoms with Gasteiger partial charge in [0.2, 0.25) is 0 Å². The molecule has 0 saturated heterocycles. The SMILES string of the molecule is Cc1nc(Oc2cc(C(=O)O)ccc2Br)sc1C. The molecule has 0 aliphatic carbocycles. The van der Waals surface area contributed by atoms with Crippen molar-refractivity contribution in [2.24, 2.45) is 0 Å². The number of hydrogen-bond donors (Lipinski definition) is 1. The zero-order valence-corrected chi connectivity index (χ0v) is 12.1. The Morgan fingerprint density at radius 2 is 2.17 bits per heavy atom. The highest BCUT2D eigenvalue weighted by Crippen LogP contribution is 2.33. The van der Waals surface area contributed by atoms with Crippen molar-refractivity contribution >= 4 is 33.2 Å². The van der Waals surface area contributed by atoms with E-state index in [1.54, 1.807) is 6.07 Å². The Bertz CT molecular complexity index is 590. The number of hydrogen-bond acceptors (Lipinski definition) is 4. The summed E-state index contributed by atoms with van der Waals surface area (Å²) >= 11 is 4.75. The molecule has 0 spiro atoms. The number of aryl methyl sites for hydroxylation is 2. The van der Waals surface area contributed by atoms with Crippen molar-refractivity contribution in [3.63, 3.8) is 0 Å². The summed E-state index contributed by atoms with van der Waals surface area (Å²) in [4.78, 5) is 16.2. The highest BCUT2D eigenvalue weighted by molar-refractivity contribution is 9.10. The fourth-order valence-electron chi connectivity index (χ4n) is 1.30. The van der Waals surface area contributed by atoms with Gasteiger partial charge < -0.3 is 9.84 Å². The summed E-state index contributed by atoms with van der Waals surface area (Å²) in [5.41, 5.74) is 1.10. The first-order valence-electron chi connectivity index (χ1n) is 5.12. The molecule has 2 aromatic rings. The number of rotatable bonds is 3. The molecule has 0 saturated carbocycles. The third-order valence-electron chi connectivity index (χ3n) is 2.38. The molecule has 6 heteroatoms. The molecule has 4 nitrogen and oxygen atoms in total. The largest absolute Gasteiger partial charge is 0.478 e. The van der Waals surface area contributed by atoms with E-state index in [1.165, 1.54) is 23.5 Å². The number of nitrogens with zero attached hydrogens (tertiary/aromatic N) is 1. The summed E-state index contributed by atoms with van der Waals surface area (Å²) < 4.78 is 6.29. The molecule has 94 valence electrons. The second-order valence-electron chi connectivity index (χ2n) is 3.67.